The monoisotopic (exact) mass is 365 g/mol. The van der Waals surface area contributed by atoms with E-state index in [2.05, 4.69) is 10.3 Å². The van der Waals surface area contributed by atoms with Gasteiger partial charge in [-0.25, -0.2) is 4.98 Å². The molecule has 1 unspecified atom stereocenters. The van der Waals surface area contributed by atoms with E-state index in [9.17, 15) is 4.79 Å². The number of nitrogens with zero attached hydrogens (tertiary/aromatic N) is 1. The Morgan fingerprint density at radius 2 is 1.95 bits per heavy atom. The Morgan fingerprint density at radius 3 is 2.50 bits per heavy atom. The molecular weight excluding hydrogens is 341 g/mol. The number of halogens is 2. The summed E-state index contributed by atoms with van der Waals surface area (Å²) in [4.78, 5) is 17.8. The number of thiazole rings is 1. The fourth-order valence-corrected chi connectivity index (χ4v) is 4.22. The predicted octanol–water partition coefficient (Wildman–Crippen LogP) is 3.42. The van der Waals surface area contributed by atoms with E-state index in [1.165, 1.54) is 38.5 Å². The number of amides is 1. The number of aromatic nitrogens is 1. The predicted molar refractivity (Wildman–Crippen MR) is 95.6 cm³/mol. The molecule has 1 heterocycles. The average Bonchev–Trinajstić information content (AvgIpc) is 2.99. The smallest absolute Gasteiger partial charge is 0.263 e. The van der Waals surface area contributed by atoms with Crippen LogP contribution in [0.15, 0.2) is 0 Å². The van der Waals surface area contributed by atoms with Crippen LogP contribution in [0, 0.1) is 12.8 Å². The van der Waals surface area contributed by atoms with Crippen molar-refractivity contribution in [1.82, 2.24) is 10.3 Å². The third-order valence-electron chi connectivity index (χ3n) is 4.49. The van der Waals surface area contributed by atoms with Crippen molar-refractivity contribution in [2.45, 2.75) is 57.4 Å². The first kappa shape index (κ1) is 19.7. The molecule has 0 spiro atoms. The molecule has 0 aromatic carbocycles. The van der Waals surface area contributed by atoms with Crippen LogP contribution >= 0.6 is 36.2 Å². The Bertz CT molecular complexity index is 499. The highest BCUT2D eigenvalue weighted by Gasteiger charge is 2.32. The standard InChI is InChI=1S/C15H23N3OS.2ClH/c1-9-13(14(19)18-12(8-16)10-6-7-10)20-15(17-9)11-4-2-3-5-11;;/h10-12H,2-8,16H2,1H3,(H,18,19);2*1H. The lowest BCUT2D eigenvalue weighted by atomic mass is 10.1. The molecule has 0 aliphatic heterocycles. The molecule has 0 bridgehead atoms. The van der Waals surface area contributed by atoms with Gasteiger partial charge in [-0.05, 0) is 38.5 Å². The van der Waals surface area contributed by atoms with Gasteiger partial charge in [0, 0.05) is 18.5 Å². The number of nitrogens with two attached hydrogens (primary N) is 1. The van der Waals surface area contributed by atoms with Crippen LogP contribution in [0.25, 0.3) is 0 Å². The highest BCUT2D eigenvalue weighted by atomic mass is 35.5. The maximum atomic E-state index is 12.4. The van der Waals surface area contributed by atoms with Crippen molar-refractivity contribution < 1.29 is 4.79 Å². The summed E-state index contributed by atoms with van der Waals surface area (Å²) >= 11 is 1.59. The molecule has 0 saturated heterocycles. The van der Waals surface area contributed by atoms with Crippen molar-refractivity contribution in [3.63, 3.8) is 0 Å². The Labute approximate surface area is 148 Å². The number of hydrogen-bond donors (Lipinski definition) is 2. The Balaban J connectivity index is 0.00000121. The topological polar surface area (TPSA) is 68.0 Å². The lowest BCUT2D eigenvalue weighted by Crippen LogP contribution is -2.41. The van der Waals surface area contributed by atoms with Crippen LogP contribution < -0.4 is 11.1 Å². The summed E-state index contributed by atoms with van der Waals surface area (Å²) in [6, 6.07) is 0.138. The third kappa shape index (κ3) is 4.34. The van der Waals surface area contributed by atoms with Crippen LogP contribution in [0.1, 0.15) is 64.8 Å². The second-order valence-corrected chi connectivity index (χ2v) is 7.13. The molecule has 1 aromatic heterocycles. The van der Waals surface area contributed by atoms with Gasteiger partial charge < -0.3 is 11.1 Å². The van der Waals surface area contributed by atoms with Gasteiger partial charge in [0.15, 0.2) is 0 Å². The molecule has 1 amide bonds. The molecule has 2 saturated carbocycles. The van der Waals surface area contributed by atoms with Crippen LogP contribution in [0.3, 0.4) is 0 Å². The van der Waals surface area contributed by atoms with Crippen molar-refractivity contribution in [3.8, 4) is 0 Å². The molecule has 22 heavy (non-hydrogen) atoms. The van der Waals surface area contributed by atoms with E-state index >= 15 is 0 Å². The summed E-state index contributed by atoms with van der Waals surface area (Å²) < 4.78 is 0. The van der Waals surface area contributed by atoms with Gasteiger partial charge in [0.2, 0.25) is 0 Å². The van der Waals surface area contributed by atoms with Gasteiger partial charge in [-0.15, -0.1) is 36.2 Å². The molecule has 0 radical (unpaired) electrons. The molecule has 1 aromatic rings. The minimum atomic E-state index is 0. The van der Waals surface area contributed by atoms with E-state index in [0.717, 1.165) is 15.6 Å². The Kier molecular flexibility index (Phi) is 7.59. The van der Waals surface area contributed by atoms with E-state index in [1.807, 2.05) is 6.92 Å². The van der Waals surface area contributed by atoms with Gasteiger partial charge in [-0.1, -0.05) is 12.8 Å². The molecule has 126 valence electrons. The summed E-state index contributed by atoms with van der Waals surface area (Å²) in [7, 11) is 0. The number of carbonyl (C=O) groups is 1. The molecular formula is C15H25Cl2N3OS. The molecule has 4 nitrogen and oxygen atoms in total. The van der Waals surface area contributed by atoms with E-state index in [4.69, 9.17) is 5.73 Å². The van der Waals surface area contributed by atoms with Crippen LogP contribution in [-0.2, 0) is 0 Å². The number of aryl methyl sites for hydroxylation is 1. The Morgan fingerprint density at radius 1 is 1.32 bits per heavy atom. The van der Waals surface area contributed by atoms with Gasteiger partial charge in [0.1, 0.15) is 4.88 Å². The van der Waals surface area contributed by atoms with E-state index in [0.29, 0.717) is 18.4 Å². The Hall–Kier alpha value is -0.360. The first-order chi connectivity index (χ1) is 9.69. The molecule has 3 N–H and O–H groups in total. The molecule has 2 fully saturated rings. The summed E-state index contributed by atoms with van der Waals surface area (Å²) in [5.74, 6) is 1.19. The third-order valence-corrected chi connectivity index (χ3v) is 5.80. The van der Waals surface area contributed by atoms with Gasteiger partial charge in [0.25, 0.3) is 5.91 Å². The minimum absolute atomic E-state index is 0. The zero-order chi connectivity index (χ0) is 14.1. The lowest BCUT2D eigenvalue weighted by molar-refractivity contribution is 0.0937. The van der Waals surface area contributed by atoms with Crippen LogP contribution in [0.5, 0.6) is 0 Å². The van der Waals surface area contributed by atoms with Crippen molar-refractivity contribution in [3.05, 3.63) is 15.6 Å². The summed E-state index contributed by atoms with van der Waals surface area (Å²) in [6.45, 7) is 2.47. The fraction of sp³-hybridized carbons (Fsp3) is 0.733. The van der Waals surface area contributed by atoms with Crippen LogP contribution in [0.4, 0.5) is 0 Å². The summed E-state index contributed by atoms with van der Waals surface area (Å²) in [5, 5.41) is 4.25. The van der Waals surface area contributed by atoms with Gasteiger partial charge in [-0.3, -0.25) is 4.79 Å². The minimum Gasteiger partial charge on any atom is -0.347 e. The first-order valence-corrected chi connectivity index (χ1v) is 8.49. The maximum absolute atomic E-state index is 12.4. The number of hydrogen-bond acceptors (Lipinski definition) is 4. The molecule has 7 heteroatoms. The maximum Gasteiger partial charge on any atom is 0.263 e. The van der Waals surface area contributed by atoms with Crippen LogP contribution in [-0.4, -0.2) is 23.5 Å². The SMILES string of the molecule is Cc1nc(C2CCCC2)sc1C(=O)NC(CN)C1CC1.Cl.Cl. The van der Waals surface area contributed by atoms with Crippen molar-refractivity contribution in [2.24, 2.45) is 11.7 Å². The van der Waals surface area contributed by atoms with Crippen molar-refractivity contribution in [2.75, 3.05) is 6.54 Å². The fourth-order valence-electron chi connectivity index (χ4n) is 3.08. The lowest BCUT2D eigenvalue weighted by Gasteiger charge is -2.15. The molecule has 1 atom stereocenters. The molecule has 2 aliphatic rings. The van der Waals surface area contributed by atoms with E-state index < -0.39 is 0 Å². The van der Waals surface area contributed by atoms with Gasteiger partial charge in [0.05, 0.1) is 10.7 Å². The number of rotatable bonds is 5. The van der Waals surface area contributed by atoms with E-state index in [1.54, 1.807) is 11.3 Å². The normalized spacial score (nSPS) is 19.2. The first-order valence-electron chi connectivity index (χ1n) is 7.67. The average molecular weight is 366 g/mol. The van der Waals surface area contributed by atoms with Gasteiger partial charge in [-0.2, -0.15) is 0 Å². The number of carbonyl (C=O) groups excluding carboxylic acids is 1. The highest BCUT2D eigenvalue weighted by molar-refractivity contribution is 7.13. The van der Waals surface area contributed by atoms with Gasteiger partial charge >= 0.3 is 0 Å². The van der Waals surface area contributed by atoms with Crippen molar-refractivity contribution >= 4 is 42.1 Å². The highest BCUT2D eigenvalue weighted by Crippen LogP contribution is 2.37. The quantitative estimate of drug-likeness (QED) is 0.839. The van der Waals surface area contributed by atoms with Crippen molar-refractivity contribution in [1.29, 1.82) is 0 Å². The number of nitrogens with one attached hydrogen (secondary N) is 1. The summed E-state index contributed by atoms with van der Waals surface area (Å²) in [5.41, 5.74) is 6.63. The van der Waals surface area contributed by atoms with Crippen LogP contribution in [0.2, 0.25) is 0 Å². The zero-order valence-electron chi connectivity index (χ0n) is 12.8. The zero-order valence-corrected chi connectivity index (χ0v) is 15.3. The largest absolute Gasteiger partial charge is 0.347 e. The summed E-state index contributed by atoms with van der Waals surface area (Å²) in [6.07, 6.45) is 7.42. The second kappa shape index (κ2) is 8.48. The molecule has 3 rings (SSSR count). The molecule has 2 aliphatic carbocycles. The second-order valence-electron chi connectivity index (χ2n) is 6.10. The van der Waals surface area contributed by atoms with E-state index in [-0.39, 0.29) is 36.8 Å².